The largest absolute Gasteiger partial charge is 0.355 e. The SMILES string of the molecule is Cc1cc(Nc2cccc(-c3cn(-c4cccc(Nc5ccncc5)c4)nn3)c2)c(Cl)cn1. The van der Waals surface area contributed by atoms with E-state index in [2.05, 4.69) is 30.9 Å². The topological polar surface area (TPSA) is 80.5 Å². The predicted octanol–water partition coefficient (Wildman–Crippen LogP) is 6.17. The van der Waals surface area contributed by atoms with Gasteiger partial charge in [0.15, 0.2) is 0 Å². The number of nitrogens with zero attached hydrogens (tertiary/aromatic N) is 5. The van der Waals surface area contributed by atoms with Crippen LogP contribution in [0.2, 0.25) is 5.02 Å². The highest BCUT2D eigenvalue weighted by atomic mass is 35.5. The molecule has 33 heavy (non-hydrogen) atoms. The molecule has 5 aromatic rings. The third-order valence-electron chi connectivity index (χ3n) is 5.00. The number of pyridine rings is 2. The number of nitrogens with one attached hydrogen (secondary N) is 2. The van der Waals surface area contributed by atoms with Gasteiger partial charge in [-0.1, -0.05) is 35.0 Å². The van der Waals surface area contributed by atoms with Gasteiger partial charge in [0.1, 0.15) is 5.69 Å². The Morgan fingerprint density at radius 2 is 1.64 bits per heavy atom. The Hall–Kier alpha value is -4.23. The number of benzene rings is 2. The standard InChI is InChI=1S/C25H20ClN7/c1-17-12-24(23(26)15-28-17)30-20-5-2-4-18(13-20)25-16-33(32-31-25)22-7-3-6-21(14-22)29-19-8-10-27-11-9-19/h2-16H,1H3,(H,27,29)(H,28,30). The van der Waals surface area contributed by atoms with Crippen LogP contribution in [-0.4, -0.2) is 25.0 Å². The van der Waals surface area contributed by atoms with Gasteiger partial charge in [-0.25, -0.2) is 4.68 Å². The van der Waals surface area contributed by atoms with E-state index in [1.165, 1.54) is 0 Å². The Labute approximate surface area is 196 Å². The fourth-order valence-electron chi connectivity index (χ4n) is 3.40. The van der Waals surface area contributed by atoms with Gasteiger partial charge in [0.05, 0.1) is 22.6 Å². The summed E-state index contributed by atoms with van der Waals surface area (Å²) in [6.45, 7) is 1.93. The minimum absolute atomic E-state index is 0.567. The number of aryl methyl sites for hydroxylation is 1. The fourth-order valence-corrected chi connectivity index (χ4v) is 3.55. The van der Waals surface area contributed by atoms with Crippen molar-refractivity contribution >= 4 is 34.4 Å². The summed E-state index contributed by atoms with van der Waals surface area (Å²) < 4.78 is 1.76. The van der Waals surface area contributed by atoms with Crippen LogP contribution in [0.5, 0.6) is 0 Å². The maximum absolute atomic E-state index is 6.28. The molecule has 0 aliphatic rings. The van der Waals surface area contributed by atoms with Crippen LogP contribution in [0, 0.1) is 6.92 Å². The van der Waals surface area contributed by atoms with E-state index in [0.717, 1.165) is 45.4 Å². The summed E-state index contributed by atoms with van der Waals surface area (Å²) >= 11 is 6.28. The van der Waals surface area contributed by atoms with Crippen LogP contribution in [0.4, 0.5) is 22.7 Å². The quantitative estimate of drug-likeness (QED) is 0.320. The first kappa shape index (κ1) is 20.7. The number of hydrogen-bond donors (Lipinski definition) is 2. The highest BCUT2D eigenvalue weighted by Crippen LogP contribution is 2.28. The molecular formula is C25H20ClN7. The Bertz CT molecular complexity index is 1400. The monoisotopic (exact) mass is 453 g/mol. The Morgan fingerprint density at radius 3 is 2.48 bits per heavy atom. The molecule has 0 aliphatic heterocycles. The molecule has 0 spiro atoms. The first-order chi connectivity index (χ1) is 16.1. The number of rotatable bonds is 6. The summed E-state index contributed by atoms with van der Waals surface area (Å²) in [7, 11) is 0. The molecule has 0 radical (unpaired) electrons. The second-order valence-corrected chi connectivity index (χ2v) is 7.88. The van der Waals surface area contributed by atoms with Crippen molar-refractivity contribution in [2.24, 2.45) is 0 Å². The smallest absolute Gasteiger partial charge is 0.113 e. The third-order valence-corrected chi connectivity index (χ3v) is 5.30. The Balaban J connectivity index is 1.37. The van der Waals surface area contributed by atoms with Crippen LogP contribution in [0.25, 0.3) is 16.9 Å². The van der Waals surface area contributed by atoms with E-state index in [4.69, 9.17) is 11.6 Å². The first-order valence-electron chi connectivity index (χ1n) is 10.3. The van der Waals surface area contributed by atoms with Gasteiger partial charge in [0.25, 0.3) is 0 Å². The molecule has 0 unspecified atom stereocenters. The van der Waals surface area contributed by atoms with Crippen LogP contribution in [0.1, 0.15) is 5.69 Å². The van der Waals surface area contributed by atoms with Crippen molar-refractivity contribution in [3.05, 3.63) is 102 Å². The second-order valence-electron chi connectivity index (χ2n) is 7.47. The molecule has 0 fully saturated rings. The van der Waals surface area contributed by atoms with Gasteiger partial charge in [-0.15, -0.1) is 5.10 Å². The van der Waals surface area contributed by atoms with E-state index in [9.17, 15) is 0 Å². The fraction of sp³-hybridized carbons (Fsp3) is 0.0400. The summed E-state index contributed by atoms with van der Waals surface area (Å²) in [5.41, 5.74) is 7.13. The zero-order valence-electron chi connectivity index (χ0n) is 17.8. The first-order valence-corrected chi connectivity index (χ1v) is 10.7. The van der Waals surface area contributed by atoms with E-state index in [0.29, 0.717) is 5.02 Å². The molecule has 8 heteroatoms. The van der Waals surface area contributed by atoms with Crippen molar-refractivity contribution in [2.45, 2.75) is 6.92 Å². The van der Waals surface area contributed by atoms with Gasteiger partial charge in [0.2, 0.25) is 0 Å². The van der Waals surface area contributed by atoms with Crippen LogP contribution < -0.4 is 10.6 Å². The van der Waals surface area contributed by atoms with Crippen molar-refractivity contribution in [2.75, 3.05) is 10.6 Å². The molecule has 5 rings (SSSR count). The molecule has 3 heterocycles. The van der Waals surface area contributed by atoms with E-state index in [1.807, 2.05) is 79.9 Å². The average molecular weight is 454 g/mol. The lowest BCUT2D eigenvalue weighted by molar-refractivity contribution is 0.804. The zero-order valence-corrected chi connectivity index (χ0v) is 18.5. The van der Waals surface area contributed by atoms with E-state index in [1.54, 1.807) is 23.3 Å². The van der Waals surface area contributed by atoms with Crippen molar-refractivity contribution in [3.63, 3.8) is 0 Å². The van der Waals surface area contributed by atoms with Gasteiger partial charge in [-0.3, -0.25) is 9.97 Å². The molecule has 3 aromatic heterocycles. The van der Waals surface area contributed by atoms with Crippen LogP contribution in [0.15, 0.2) is 91.5 Å². The maximum Gasteiger partial charge on any atom is 0.113 e. The summed E-state index contributed by atoms with van der Waals surface area (Å²) in [6, 6.07) is 21.7. The molecule has 0 saturated heterocycles. The van der Waals surface area contributed by atoms with E-state index in [-0.39, 0.29) is 0 Å². The van der Waals surface area contributed by atoms with Gasteiger partial charge in [-0.05, 0) is 55.5 Å². The Kier molecular flexibility index (Phi) is 5.70. The van der Waals surface area contributed by atoms with Crippen molar-refractivity contribution in [3.8, 4) is 16.9 Å². The second kappa shape index (κ2) is 9.10. The van der Waals surface area contributed by atoms with Crippen molar-refractivity contribution in [1.82, 2.24) is 25.0 Å². The summed E-state index contributed by atoms with van der Waals surface area (Å²) in [5.74, 6) is 0. The van der Waals surface area contributed by atoms with E-state index >= 15 is 0 Å². The predicted molar refractivity (Wildman–Crippen MR) is 132 cm³/mol. The molecular weight excluding hydrogens is 434 g/mol. The lowest BCUT2D eigenvalue weighted by Gasteiger charge is -2.10. The number of anilines is 4. The van der Waals surface area contributed by atoms with Crippen molar-refractivity contribution in [1.29, 1.82) is 0 Å². The number of aromatic nitrogens is 5. The van der Waals surface area contributed by atoms with Gasteiger partial charge < -0.3 is 10.6 Å². The van der Waals surface area contributed by atoms with Crippen LogP contribution in [0.3, 0.4) is 0 Å². The minimum atomic E-state index is 0.567. The highest BCUT2D eigenvalue weighted by molar-refractivity contribution is 6.33. The normalized spacial score (nSPS) is 10.7. The third kappa shape index (κ3) is 4.83. The van der Waals surface area contributed by atoms with Crippen molar-refractivity contribution < 1.29 is 0 Å². The van der Waals surface area contributed by atoms with Gasteiger partial charge in [-0.2, -0.15) is 0 Å². The summed E-state index contributed by atoms with van der Waals surface area (Å²) in [6.07, 6.45) is 7.06. The minimum Gasteiger partial charge on any atom is -0.355 e. The van der Waals surface area contributed by atoms with E-state index < -0.39 is 0 Å². The average Bonchev–Trinajstić information content (AvgIpc) is 3.33. The Morgan fingerprint density at radius 1 is 0.848 bits per heavy atom. The molecule has 2 N–H and O–H groups in total. The van der Waals surface area contributed by atoms with Crippen LogP contribution >= 0.6 is 11.6 Å². The molecule has 162 valence electrons. The van der Waals surface area contributed by atoms with Gasteiger partial charge in [0, 0.05) is 46.9 Å². The molecule has 0 bridgehead atoms. The summed E-state index contributed by atoms with van der Waals surface area (Å²) in [4.78, 5) is 8.25. The highest BCUT2D eigenvalue weighted by Gasteiger charge is 2.08. The zero-order chi connectivity index (χ0) is 22.6. The van der Waals surface area contributed by atoms with Gasteiger partial charge >= 0.3 is 0 Å². The molecule has 7 nitrogen and oxygen atoms in total. The summed E-state index contributed by atoms with van der Waals surface area (Å²) in [5, 5.41) is 16.0. The number of halogens is 1. The molecule has 2 aromatic carbocycles. The lowest BCUT2D eigenvalue weighted by atomic mass is 10.1. The number of hydrogen-bond acceptors (Lipinski definition) is 6. The molecule has 0 saturated carbocycles. The van der Waals surface area contributed by atoms with Crippen LogP contribution in [-0.2, 0) is 0 Å². The molecule has 0 aliphatic carbocycles. The maximum atomic E-state index is 6.28. The molecule has 0 amide bonds. The molecule has 0 atom stereocenters. The lowest BCUT2D eigenvalue weighted by Crippen LogP contribution is -1.97.